The average molecular weight is 356 g/mol. The average Bonchev–Trinajstić information content (AvgIpc) is 3.01. The SMILES string of the molecule is COc1ccc(CCC(=O)N[C@@H]2CC(=O)N(c3ccc(F)cc3)C2)cc1. The van der Waals surface area contributed by atoms with E-state index >= 15 is 0 Å². The fraction of sp³-hybridized carbons (Fsp3) is 0.300. The van der Waals surface area contributed by atoms with Crippen molar-refractivity contribution in [2.45, 2.75) is 25.3 Å². The van der Waals surface area contributed by atoms with Gasteiger partial charge in [-0.1, -0.05) is 12.1 Å². The summed E-state index contributed by atoms with van der Waals surface area (Å²) in [5, 5.41) is 2.91. The number of anilines is 1. The molecule has 0 radical (unpaired) electrons. The predicted molar refractivity (Wildman–Crippen MR) is 96.6 cm³/mol. The van der Waals surface area contributed by atoms with E-state index in [-0.39, 0.29) is 30.1 Å². The van der Waals surface area contributed by atoms with Crippen LogP contribution < -0.4 is 15.0 Å². The minimum Gasteiger partial charge on any atom is -0.497 e. The Morgan fingerprint density at radius 3 is 2.54 bits per heavy atom. The highest BCUT2D eigenvalue weighted by Crippen LogP contribution is 2.22. The molecule has 0 aliphatic carbocycles. The molecule has 3 rings (SSSR count). The number of nitrogens with one attached hydrogen (secondary N) is 1. The molecule has 136 valence electrons. The molecule has 0 unspecified atom stereocenters. The third-order valence-electron chi connectivity index (χ3n) is 4.43. The van der Waals surface area contributed by atoms with Crippen molar-refractivity contribution in [2.24, 2.45) is 0 Å². The first-order chi connectivity index (χ1) is 12.5. The second-order valence-electron chi connectivity index (χ2n) is 6.30. The third kappa shape index (κ3) is 4.39. The summed E-state index contributed by atoms with van der Waals surface area (Å²) in [6, 6.07) is 13.2. The standard InChI is InChI=1S/C20H21FN2O3/c1-26-18-9-2-14(3-10-18)4-11-19(24)22-16-12-20(25)23(13-16)17-7-5-15(21)6-8-17/h2-3,5-10,16H,4,11-13H2,1H3,(H,22,24)/t16-/m1/s1. The summed E-state index contributed by atoms with van der Waals surface area (Å²) < 4.78 is 18.1. The predicted octanol–water partition coefficient (Wildman–Crippen LogP) is 2.69. The van der Waals surface area contributed by atoms with Crippen molar-refractivity contribution in [3.05, 3.63) is 59.9 Å². The van der Waals surface area contributed by atoms with Gasteiger partial charge in [0.25, 0.3) is 0 Å². The molecule has 0 saturated carbocycles. The monoisotopic (exact) mass is 356 g/mol. The van der Waals surface area contributed by atoms with E-state index in [2.05, 4.69) is 5.32 Å². The van der Waals surface area contributed by atoms with Gasteiger partial charge >= 0.3 is 0 Å². The van der Waals surface area contributed by atoms with E-state index in [1.807, 2.05) is 24.3 Å². The molecule has 2 amide bonds. The molecule has 1 aliphatic rings. The van der Waals surface area contributed by atoms with E-state index in [0.29, 0.717) is 25.1 Å². The van der Waals surface area contributed by atoms with E-state index in [1.54, 1.807) is 24.1 Å². The smallest absolute Gasteiger partial charge is 0.229 e. The molecule has 5 nitrogen and oxygen atoms in total. The lowest BCUT2D eigenvalue weighted by molar-refractivity contribution is -0.121. The maximum Gasteiger partial charge on any atom is 0.229 e. The van der Waals surface area contributed by atoms with Crippen LogP contribution in [-0.2, 0) is 16.0 Å². The van der Waals surface area contributed by atoms with Gasteiger partial charge in [-0.3, -0.25) is 9.59 Å². The molecule has 0 bridgehead atoms. The zero-order chi connectivity index (χ0) is 18.5. The van der Waals surface area contributed by atoms with Crippen molar-refractivity contribution >= 4 is 17.5 Å². The van der Waals surface area contributed by atoms with Gasteiger partial charge < -0.3 is 15.0 Å². The third-order valence-corrected chi connectivity index (χ3v) is 4.43. The molecule has 0 spiro atoms. The van der Waals surface area contributed by atoms with Gasteiger partial charge in [0.2, 0.25) is 11.8 Å². The van der Waals surface area contributed by atoms with Gasteiger partial charge in [0.15, 0.2) is 0 Å². The molecule has 6 heteroatoms. The number of methoxy groups -OCH3 is 1. The first kappa shape index (κ1) is 17.9. The van der Waals surface area contributed by atoms with Crippen LogP contribution in [0, 0.1) is 5.82 Å². The zero-order valence-electron chi connectivity index (χ0n) is 14.6. The number of carbonyl (C=O) groups excluding carboxylic acids is 2. The highest BCUT2D eigenvalue weighted by Gasteiger charge is 2.31. The van der Waals surface area contributed by atoms with Crippen molar-refractivity contribution in [1.82, 2.24) is 5.32 Å². The van der Waals surface area contributed by atoms with E-state index in [1.165, 1.54) is 12.1 Å². The quantitative estimate of drug-likeness (QED) is 0.866. The summed E-state index contributed by atoms with van der Waals surface area (Å²) in [6.07, 6.45) is 1.23. The van der Waals surface area contributed by atoms with Crippen LogP contribution in [0.5, 0.6) is 5.75 Å². The first-order valence-electron chi connectivity index (χ1n) is 8.53. The summed E-state index contributed by atoms with van der Waals surface area (Å²) in [7, 11) is 1.61. The number of hydrogen-bond donors (Lipinski definition) is 1. The van der Waals surface area contributed by atoms with Crippen LogP contribution in [-0.4, -0.2) is 31.5 Å². The van der Waals surface area contributed by atoms with Gasteiger partial charge in [-0.05, 0) is 48.4 Å². The normalized spacial score (nSPS) is 16.6. The molecule has 1 fully saturated rings. The number of rotatable bonds is 6. The van der Waals surface area contributed by atoms with Crippen molar-refractivity contribution in [1.29, 1.82) is 0 Å². The lowest BCUT2D eigenvalue weighted by atomic mass is 10.1. The first-order valence-corrected chi connectivity index (χ1v) is 8.53. The van der Waals surface area contributed by atoms with Crippen LogP contribution in [0.15, 0.2) is 48.5 Å². The van der Waals surface area contributed by atoms with Crippen LogP contribution in [0.3, 0.4) is 0 Å². The number of benzene rings is 2. The number of aryl methyl sites for hydroxylation is 1. The Hall–Kier alpha value is -2.89. The van der Waals surface area contributed by atoms with Crippen LogP contribution in [0.25, 0.3) is 0 Å². The molecular weight excluding hydrogens is 335 g/mol. The maximum absolute atomic E-state index is 13.0. The van der Waals surface area contributed by atoms with E-state index in [9.17, 15) is 14.0 Å². The van der Waals surface area contributed by atoms with Gasteiger partial charge in [0, 0.05) is 25.1 Å². The number of carbonyl (C=O) groups is 2. The molecule has 2 aromatic rings. The molecule has 1 aliphatic heterocycles. The molecule has 1 N–H and O–H groups in total. The van der Waals surface area contributed by atoms with E-state index < -0.39 is 0 Å². The van der Waals surface area contributed by atoms with Crippen molar-refractivity contribution in [3.8, 4) is 5.75 Å². The van der Waals surface area contributed by atoms with Crippen molar-refractivity contribution < 1.29 is 18.7 Å². The van der Waals surface area contributed by atoms with E-state index in [0.717, 1.165) is 11.3 Å². The minimum absolute atomic E-state index is 0.0722. The Labute approximate surface area is 151 Å². The number of amides is 2. The highest BCUT2D eigenvalue weighted by molar-refractivity contribution is 5.96. The zero-order valence-corrected chi connectivity index (χ0v) is 14.6. The fourth-order valence-electron chi connectivity index (χ4n) is 3.02. The number of ether oxygens (including phenoxy) is 1. The second-order valence-corrected chi connectivity index (χ2v) is 6.30. The Bertz CT molecular complexity index is 775. The summed E-state index contributed by atoms with van der Waals surface area (Å²) in [5.41, 5.74) is 1.70. The second kappa shape index (κ2) is 7.99. The Balaban J connectivity index is 1.50. The Morgan fingerprint density at radius 1 is 1.19 bits per heavy atom. The van der Waals surface area contributed by atoms with Crippen LogP contribution >= 0.6 is 0 Å². The Morgan fingerprint density at radius 2 is 1.88 bits per heavy atom. The number of halogens is 1. The molecule has 1 atom stereocenters. The molecule has 26 heavy (non-hydrogen) atoms. The summed E-state index contributed by atoms with van der Waals surface area (Å²) >= 11 is 0. The number of nitrogens with zero attached hydrogens (tertiary/aromatic N) is 1. The van der Waals surface area contributed by atoms with Gasteiger partial charge in [0.1, 0.15) is 11.6 Å². The lowest BCUT2D eigenvalue weighted by Gasteiger charge is -2.17. The van der Waals surface area contributed by atoms with Crippen LogP contribution in [0.4, 0.5) is 10.1 Å². The largest absolute Gasteiger partial charge is 0.497 e. The van der Waals surface area contributed by atoms with Crippen LogP contribution in [0.1, 0.15) is 18.4 Å². The molecule has 2 aromatic carbocycles. The molecule has 1 heterocycles. The molecule has 0 aromatic heterocycles. The van der Waals surface area contributed by atoms with Gasteiger partial charge in [-0.2, -0.15) is 0 Å². The molecule has 1 saturated heterocycles. The highest BCUT2D eigenvalue weighted by atomic mass is 19.1. The molecular formula is C20H21FN2O3. The van der Waals surface area contributed by atoms with Gasteiger partial charge in [0.05, 0.1) is 13.2 Å². The number of hydrogen-bond acceptors (Lipinski definition) is 3. The topological polar surface area (TPSA) is 58.6 Å². The fourth-order valence-corrected chi connectivity index (χ4v) is 3.02. The van der Waals surface area contributed by atoms with Crippen molar-refractivity contribution in [3.63, 3.8) is 0 Å². The summed E-state index contributed by atoms with van der Waals surface area (Å²) in [6.45, 7) is 0.402. The Kier molecular flexibility index (Phi) is 5.51. The minimum atomic E-state index is -0.344. The summed E-state index contributed by atoms with van der Waals surface area (Å²) in [4.78, 5) is 25.9. The van der Waals surface area contributed by atoms with Crippen molar-refractivity contribution in [2.75, 3.05) is 18.6 Å². The van der Waals surface area contributed by atoms with Crippen LogP contribution in [0.2, 0.25) is 0 Å². The van der Waals surface area contributed by atoms with Gasteiger partial charge in [-0.15, -0.1) is 0 Å². The van der Waals surface area contributed by atoms with E-state index in [4.69, 9.17) is 4.74 Å². The lowest BCUT2D eigenvalue weighted by Crippen LogP contribution is -2.37. The van der Waals surface area contributed by atoms with Gasteiger partial charge in [-0.25, -0.2) is 4.39 Å². The maximum atomic E-state index is 13.0. The summed E-state index contributed by atoms with van der Waals surface area (Å²) in [5.74, 6) is 0.281.